The molecule has 10 nitrogen and oxygen atoms in total. The van der Waals surface area contributed by atoms with Crippen LogP contribution < -0.4 is 16.0 Å². The molecule has 0 bridgehead atoms. The number of carbonyl (C=O) groups is 4. The molecule has 3 amide bonds. The topological polar surface area (TPSA) is 151 Å². The maximum absolute atomic E-state index is 13.4. The van der Waals surface area contributed by atoms with Gasteiger partial charge in [0.25, 0.3) is 11.8 Å². The monoisotopic (exact) mass is 534 g/mol. The van der Waals surface area contributed by atoms with E-state index in [1.165, 1.54) is 0 Å². The zero-order valence-electron chi connectivity index (χ0n) is 22.2. The van der Waals surface area contributed by atoms with E-state index in [9.17, 15) is 24.3 Å². The van der Waals surface area contributed by atoms with Crippen molar-refractivity contribution in [3.8, 4) is 0 Å². The Kier molecular flexibility index (Phi) is 10.4. The van der Waals surface area contributed by atoms with Gasteiger partial charge in [0, 0.05) is 0 Å². The number of ketones is 1. The number of rotatable bonds is 13. The highest BCUT2D eigenvalue weighted by atomic mass is 16.4. The van der Waals surface area contributed by atoms with Crippen molar-refractivity contribution in [2.24, 2.45) is 5.92 Å². The van der Waals surface area contributed by atoms with Crippen molar-refractivity contribution in [3.63, 3.8) is 0 Å². The van der Waals surface area contributed by atoms with Gasteiger partial charge in [-0.1, -0.05) is 74.5 Å². The van der Waals surface area contributed by atoms with Crippen LogP contribution in [-0.2, 0) is 11.2 Å². The van der Waals surface area contributed by atoms with E-state index in [0.717, 1.165) is 17.4 Å². The Morgan fingerprint density at radius 3 is 2.13 bits per heavy atom. The second-order valence-corrected chi connectivity index (χ2v) is 9.73. The lowest BCUT2D eigenvalue weighted by molar-refractivity contribution is -0.124. The Morgan fingerprint density at radius 2 is 1.51 bits per heavy atom. The minimum absolute atomic E-state index is 0.0251. The predicted molar refractivity (Wildman–Crippen MR) is 144 cm³/mol. The molecular weight excluding hydrogens is 500 g/mol. The molecule has 3 unspecified atom stereocenters. The molecule has 0 spiro atoms. The van der Waals surface area contributed by atoms with Gasteiger partial charge < -0.3 is 25.5 Å². The summed E-state index contributed by atoms with van der Waals surface area (Å²) in [5.41, 5.74) is 1.79. The van der Waals surface area contributed by atoms with E-state index < -0.39 is 35.8 Å². The number of hydrogen-bond acceptors (Lipinski definition) is 6. The summed E-state index contributed by atoms with van der Waals surface area (Å²) in [7, 11) is 0. The number of aromatic nitrogens is 1. The van der Waals surface area contributed by atoms with Gasteiger partial charge in [-0.2, -0.15) is 0 Å². The van der Waals surface area contributed by atoms with Gasteiger partial charge in [-0.05, 0) is 43.2 Å². The molecule has 0 saturated heterocycles. The summed E-state index contributed by atoms with van der Waals surface area (Å²) in [4.78, 5) is 54.5. The van der Waals surface area contributed by atoms with Gasteiger partial charge >= 0.3 is 6.09 Å². The fourth-order valence-electron chi connectivity index (χ4n) is 4.08. The fraction of sp³-hybridized carbons (Fsp3) is 0.345. The second kappa shape index (κ2) is 13.9. The van der Waals surface area contributed by atoms with E-state index in [1.807, 2.05) is 81.4 Å². The predicted octanol–water partition coefficient (Wildman–Crippen LogP) is 4.15. The number of oxazole rings is 1. The number of amides is 3. The molecular formula is C29H34N4O6. The van der Waals surface area contributed by atoms with Gasteiger partial charge in [0.05, 0.1) is 12.1 Å². The number of benzene rings is 2. The van der Waals surface area contributed by atoms with Crippen molar-refractivity contribution < 1.29 is 28.7 Å². The first-order valence-electron chi connectivity index (χ1n) is 12.8. The van der Waals surface area contributed by atoms with Crippen molar-refractivity contribution in [3.05, 3.63) is 89.6 Å². The summed E-state index contributed by atoms with van der Waals surface area (Å²) < 4.78 is 5.36. The van der Waals surface area contributed by atoms with Gasteiger partial charge in [-0.3, -0.25) is 14.4 Å². The van der Waals surface area contributed by atoms with Crippen molar-refractivity contribution in [1.82, 2.24) is 20.9 Å². The van der Waals surface area contributed by atoms with Crippen LogP contribution in [0.25, 0.3) is 0 Å². The average Bonchev–Trinajstić information content (AvgIpc) is 3.41. The number of carboxylic acid groups (broad SMARTS) is 1. The van der Waals surface area contributed by atoms with Crippen LogP contribution >= 0.6 is 0 Å². The van der Waals surface area contributed by atoms with Crippen LogP contribution in [0.15, 0.2) is 71.3 Å². The molecule has 1 heterocycles. The molecule has 0 fully saturated rings. The van der Waals surface area contributed by atoms with Gasteiger partial charge in [-0.15, -0.1) is 0 Å². The maximum atomic E-state index is 13.4. The van der Waals surface area contributed by atoms with E-state index in [-0.39, 0.29) is 36.4 Å². The van der Waals surface area contributed by atoms with Crippen LogP contribution in [0.2, 0.25) is 0 Å². The summed E-state index contributed by atoms with van der Waals surface area (Å²) >= 11 is 0. The average molecular weight is 535 g/mol. The van der Waals surface area contributed by atoms with Crippen molar-refractivity contribution in [2.45, 2.75) is 58.2 Å². The number of aryl methyl sites for hydroxylation is 1. The molecule has 0 radical (unpaired) electrons. The molecule has 3 aromatic rings. The lowest BCUT2D eigenvalue weighted by Crippen LogP contribution is -2.52. The third-order valence-corrected chi connectivity index (χ3v) is 6.11. The van der Waals surface area contributed by atoms with Gasteiger partial charge in [0.2, 0.25) is 11.7 Å². The van der Waals surface area contributed by atoms with E-state index in [4.69, 9.17) is 4.42 Å². The Morgan fingerprint density at radius 1 is 0.872 bits per heavy atom. The maximum Gasteiger partial charge on any atom is 0.405 e. The van der Waals surface area contributed by atoms with Crippen LogP contribution in [0.3, 0.4) is 0 Å². The second-order valence-electron chi connectivity index (χ2n) is 9.73. The molecule has 1 aromatic heterocycles. The van der Waals surface area contributed by atoms with Crippen LogP contribution in [0.1, 0.15) is 72.0 Å². The van der Waals surface area contributed by atoms with Crippen LogP contribution in [0.5, 0.6) is 0 Å². The number of nitrogens with one attached hydrogen (secondary N) is 3. The van der Waals surface area contributed by atoms with Crippen molar-refractivity contribution >= 4 is 23.7 Å². The normalized spacial score (nSPS) is 13.2. The summed E-state index contributed by atoms with van der Waals surface area (Å²) in [5.74, 6) is -2.05. The third kappa shape index (κ3) is 8.80. The standard InChI is InChI=1S/C29H34N4O6/c1-18(2)16-23(33-29(37)38)26(35)31-22(15-14-20-10-6-4-7-11-20)25(34)28-32-24(17-39-28)27(36)30-19(3)21-12-8-5-9-13-21/h4-13,17-19,22-23,33H,14-16H2,1-3H3,(H,30,36)(H,31,35)(H,37,38). The van der Waals surface area contributed by atoms with Crippen molar-refractivity contribution in [1.29, 1.82) is 0 Å². The lowest BCUT2D eigenvalue weighted by Gasteiger charge is -2.22. The summed E-state index contributed by atoms with van der Waals surface area (Å²) in [6.07, 6.45) is 0.688. The van der Waals surface area contributed by atoms with Crippen molar-refractivity contribution in [2.75, 3.05) is 0 Å². The highest BCUT2D eigenvalue weighted by Gasteiger charge is 2.30. The number of carbonyl (C=O) groups excluding carboxylic acids is 3. The van der Waals surface area contributed by atoms with E-state index in [0.29, 0.717) is 6.42 Å². The smallest absolute Gasteiger partial charge is 0.405 e. The minimum Gasteiger partial charge on any atom is -0.465 e. The molecule has 0 aliphatic carbocycles. The molecule has 4 N–H and O–H groups in total. The molecule has 206 valence electrons. The molecule has 0 aliphatic heterocycles. The number of Topliss-reactive ketones (excluding diaryl/α,β-unsaturated/α-hetero) is 1. The zero-order valence-corrected chi connectivity index (χ0v) is 22.2. The Hall–Kier alpha value is -4.47. The lowest BCUT2D eigenvalue weighted by atomic mass is 9.99. The zero-order chi connectivity index (χ0) is 28.4. The number of nitrogens with zero attached hydrogens (tertiary/aromatic N) is 1. The molecule has 3 atom stereocenters. The van der Waals surface area contributed by atoms with Crippen LogP contribution in [0, 0.1) is 5.92 Å². The summed E-state index contributed by atoms with van der Waals surface area (Å²) in [6.45, 7) is 5.55. The first kappa shape index (κ1) is 29.1. The van der Waals surface area contributed by atoms with Gasteiger partial charge in [0.15, 0.2) is 5.69 Å². The highest BCUT2D eigenvalue weighted by molar-refractivity contribution is 6.00. The molecule has 39 heavy (non-hydrogen) atoms. The number of hydrogen-bond donors (Lipinski definition) is 4. The first-order chi connectivity index (χ1) is 18.6. The quantitative estimate of drug-likeness (QED) is 0.241. The van der Waals surface area contributed by atoms with Gasteiger partial charge in [-0.25, -0.2) is 9.78 Å². The molecule has 2 aromatic carbocycles. The van der Waals surface area contributed by atoms with Crippen LogP contribution in [-0.4, -0.2) is 45.9 Å². The summed E-state index contributed by atoms with van der Waals surface area (Å²) in [5, 5.41) is 16.9. The van der Waals surface area contributed by atoms with Crippen LogP contribution in [0.4, 0.5) is 4.79 Å². The molecule has 0 saturated carbocycles. The largest absolute Gasteiger partial charge is 0.465 e. The highest BCUT2D eigenvalue weighted by Crippen LogP contribution is 2.15. The summed E-state index contributed by atoms with van der Waals surface area (Å²) in [6, 6.07) is 16.4. The Balaban J connectivity index is 1.76. The first-order valence-corrected chi connectivity index (χ1v) is 12.8. The Bertz CT molecular complexity index is 1260. The minimum atomic E-state index is -1.34. The SMILES string of the molecule is CC(C)CC(NC(=O)O)C(=O)NC(CCc1ccccc1)C(=O)c1nc(C(=O)NC(C)c2ccccc2)co1. The fourth-order valence-corrected chi connectivity index (χ4v) is 4.08. The van der Waals surface area contributed by atoms with E-state index in [2.05, 4.69) is 20.9 Å². The molecule has 0 aliphatic rings. The molecule has 10 heteroatoms. The Labute approximate surface area is 227 Å². The third-order valence-electron chi connectivity index (χ3n) is 6.11. The van der Waals surface area contributed by atoms with Gasteiger partial charge in [0.1, 0.15) is 12.3 Å². The van der Waals surface area contributed by atoms with E-state index >= 15 is 0 Å². The van der Waals surface area contributed by atoms with E-state index in [1.54, 1.807) is 0 Å². The molecule has 3 rings (SSSR count).